The van der Waals surface area contributed by atoms with Gasteiger partial charge in [0.2, 0.25) is 5.91 Å². The Morgan fingerprint density at radius 1 is 1.19 bits per heavy atom. The van der Waals surface area contributed by atoms with E-state index in [0.29, 0.717) is 5.91 Å². The Bertz CT molecular complexity index is 533. The molecule has 0 saturated carbocycles. The van der Waals surface area contributed by atoms with Crippen molar-refractivity contribution in [2.45, 2.75) is 26.2 Å². The van der Waals surface area contributed by atoms with Gasteiger partial charge >= 0.3 is 0 Å². The molecule has 1 aliphatic heterocycles. The van der Waals surface area contributed by atoms with Crippen LogP contribution in [-0.4, -0.2) is 42.0 Å². The molecule has 2 heterocycles. The van der Waals surface area contributed by atoms with E-state index >= 15 is 0 Å². The number of aromatic nitrogens is 1. The van der Waals surface area contributed by atoms with Gasteiger partial charge in [0.05, 0.1) is 0 Å². The van der Waals surface area contributed by atoms with E-state index < -0.39 is 0 Å². The van der Waals surface area contributed by atoms with E-state index in [1.165, 1.54) is 11.3 Å². The lowest BCUT2D eigenvalue weighted by molar-refractivity contribution is -0.134. The van der Waals surface area contributed by atoms with Gasteiger partial charge in [0, 0.05) is 50.2 Å². The van der Waals surface area contributed by atoms with Gasteiger partial charge in [-0.2, -0.15) is 0 Å². The second-order valence-corrected chi connectivity index (χ2v) is 5.97. The SMILES string of the molecule is Cc1cnccc1N1CCCN(C(=O)C2CC=CC2)CC1. The van der Waals surface area contributed by atoms with Crippen molar-refractivity contribution in [3.05, 3.63) is 36.2 Å². The normalized spacial score (nSPS) is 19.9. The molecular formula is C17H23N3O. The molecule has 0 bridgehead atoms. The first-order valence-electron chi connectivity index (χ1n) is 7.85. The number of hydrogen-bond acceptors (Lipinski definition) is 3. The van der Waals surface area contributed by atoms with Crippen molar-refractivity contribution in [2.24, 2.45) is 5.92 Å². The van der Waals surface area contributed by atoms with Crippen LogP contribution in [0.4, 0.5) is 5.69 Å². The number of allylic oxidation sites excluding steroid dienone is 2. The molecule has 0 radical (unpaired) electrons. The Hall–Kier alpha value is -1.84. The Kier molecular flexibility index (Phi) is 4.23. The molecule has 0 aromatic carbocycles. The molecule has 4 heteroatoms. The highest BCUT2D eigenvalue weighted by Gasteiger charge is 2.26. The summed E-state index contributed by atoms with van der Waals surface area (Å²) in [5.74, 6) is 0.535. The fourth-order valence-corrected chi connectivity index (χ4v) is 3.28. The monoisotopic (exact) mass is 285 g/mol. The number of aryl methyl sites for hydroxylation is 1. The zero-order valence-electron chi connectivity index (χ0n) is 12.7. The summed E-state index contributed by atoms with van der Waals surface area (Å²) in [5.41, 5.74) is 2.46. The number of pyridine rings is 1. The third-order valence-corrected chi connectivity index (χ3v) is 4.50. The standard InChI is InChI=1S/C17H23N3O/c1-14-13-18-8-7-16(14)19-9-4-10-20(12-11-19)17(21)15-5-2-3-6-15/h2-3,7-8,13,15H,4-6,9-12H2,1H3. The van der Waals surface area contributed by atoms with Crippen molar-refractivity contribution < 1.29 is 4.79 Å². The smallest absolute Gasteiger partial charge is 0.226 e. The maximum Gasteiger partial charge on any atom is 0.226 e. The van der Waals surface area contributed by atoms with Crippen LogP contribution in [-0.2, 0) is 4.79 Å². The van der Waals surface area contributed by atoms with Crippen LogP contribution in [0.3, 0.4) is 0 Å². The molecule has 1 fully saturated rings. The van der Waals surface area contributed by atoms with Crippen molar-refractivity contribution in [3.63, 3.8) is 0 Å². The fourth-order valence-electron chi connectivity index (χ4n) is 3.28. The Labute approximate surface area is 126 Å². The van der Waals surface area contributed by atoms with Crippen LogP contribution < -0.4 is 4.90 Å². The maximum atomic E-state index is 12.5. The lowest BCUT2D eigenvalue weighted by atomic mass is 10.1. The van der Waals surface area contributed by atoms with E-state index in [2.05, 4.69) is 39.9 Å². The summed E-state index contributed by atoms with van der Waals surface area (Å²) >= 11 is 0. The molecule has 0 spiro atoms. The molecule has 1 aliphatic carbocycles. The lowest BCUT2D eigenvalue weighted by Crippen LogP contribution is -2.38. The van der Waals surface area contributed by atoms with Crippen molar-refractivity contribution in [1.29, 1.82) is 0 Å². The van der Waals surface area contributed by atoms with Gasteiger partial charge in [0.1, 0.15) is 0 Å². The van der Waals surface area contributed by atoms with E-state index in [1.54, 1.807) is 0 Å². The summed E-state index contributed by atoms with van der Waals surface area (Å²) in [4.78, 5) is 21.1. The van der Waals surface area contributed by atoms with Gasteiger partial charge in [-0.05, 0) is 37.8 Å². The van der Waals surface area contributed by atoms with Gasteiger partial charge in [-0.15, -0.1) is 0 Å². The van der Waals surface area contributed by atoms with Gasteiger partial charge in [-0.25, -0.2) is 0 Å². The first-order chi connectivity index (χ1) is 10.3. The molecule has 2 aliphatic rings. The van der Waals surface area contributed by atoms with E-state index in [9.17, 15) is 4.79 Å². The van der Waals surface area contributed by atoms with Crippen molar-refractivity contribution in [3.8, 4) is 0 Å². The topological polar surface area (TPSA) is 36.4 Å². The molecule has 4 nitrogen and oxygen atoms in total. The van der Waals surface area contributed by atoms with Crippen LogP contribution in [0.5, 0.6) is 0 Å². The molecule has 1 amide bonds. The molecule has 112 valence electrons. The third-order valence-electron chi connectivity index (χ3n) is 4.50. The van der Waals surface area contributed by atoms with Crippen LogP contribution in [0.1, 0.15) is 24.8 Å². The highest BCUT2D eigenvalue weighted by molar-refractivity contribution is 5.79. The zero-order chi connectivity index (χ0) is 14.7. The number of anilines is 1. The van der Waals surface area contributed by atoms with Crippen LogP contribution in [0.2, 0.25) is 0 Å². The fraction of sp³-hybridized carbons (Fsp3) is 0.529. The largest absolute Gasteiger partial charge is 0.369 e. The number of amides is 1. The van der Waals surface area contributed by atoms with Crippen LogP contribution in [0.15, 0.2) is 30.6 Å². The number of carbonyl (C=O) groups excluding carboxylic acids is 1. The van der Waals surface area contributed by atoms with Gasteiger partial charge in [0.15, 0.2) is 0 Å². The molecule has 1 saturated heterocycles. The summed E-state index contributed by atoms with van der Waals surface area (Å²) in [6, 6.07) is 2.08. The predicted octanol–water partition coefficient (Wildman–Crippen LogP) is 2.39. The quantitative estimate of drug-likeness (QED) is 0.783. The minimum Gasteiger partial charge on any atom is -0.369 e. The van der Waals surface area contributed by atoms with Gasteiger partial charge < -0.3 is 9.80 Å². The van der Waals surface area contributed by atoms with E-state index in [0.717, 1.165) is 45.4 Å². The minimum atomic E-state index is 0.194. The van der Waals surface area contributed by atoms with Crippen molar-refractivity contribution in [1.82, 2.24) is 9.88 Å². The molecule has 0 N–H and O–H groups in total. The average Bonchev–Trinajstić information content (AvgIpc) is 2.92. The Morgan fingerprint density at radius 3 is 2.76 bits per heavy atom. The highest BCUT2D eigenvalue weighted by Crippen LogP contribution is 2.23. The van der Waals surface area contributed by atoms with E-state index in [-0.39, 0.29) is 5.92 Å². The Balaban J connectivity index is 1.64. The lowest BCUT2D eigenvalue weighted by Gasteiger charge is -2.26. The summed E-state index contributed by atoms with van der Waals surface area (Å²) in [6.45, 7) is 5.74. The average molecular weight is 285 g/mol. The van der Waals surface area contributed by atoms with Gasteiger partial charge in [0.25, 0.3) is 0 Å². The minimum absolute atomic E-state index is 0.194. The van der Waals surface area contributed by atoms with Crippen LogP contribution >= 0.6 is 0 Å². The maximum absolute atomic E-state index is 12.5. The third kappa shape index (κ3) is 3.09. The molecule has 3 rings (SSSR count). The predicted molar refractivity (Wildman–Crippen MR) is 84.2 cm³/mol. The zero-order valence-corrected chi connectivity index (χ0v) is 12.7. The Morgan fingerprint density at radius 2 is 2.00 bits per heavy atom. The van der Waals surface area contributed by atoms with Crippen molar-refractivity contribution >= 4 is 11.6 Å². The van der Waals surface area contributed by atoms with Crippen LogP contribution in [0, 0.1) is 12.8 Å². The highest BCUT2D eigenvalue weighted by atomic mass is 16.2. The molecule has 1 aromatic heterocycles. The summed E-state index contributed by atoms with van der Waals surface area (Å²) in [6.07, 6.45) is 10.9. The van der Waals surface area contributed by atoms with Crippen molar-refractivity contribution in [2.75, 3.05) is 31.1 Å². The van der Waals surface area contributed by atoms with Crippen LogP contribution in [0.25, 0.3) is 0 Å². The summed E-state index contributed by atoms with van der Waals surface area (Å²) in [5, 5.41) is 0. The molecule has 21 heavy (non-hydrogen) atoms. The first-order valence-corrected chi connectivity index (χ1v) is 7.85. The molecule has 0 atom stereocenters. The second kappa shape index (κ2) is 6.29. The molecule has 0 unspecified atom stereocenters. The first kappa shape index (κ1) is 14.1. The van der Waals surface area contributed by atoms with Gasteiger partial charge in [-0.3, -0.25) is 9.78 Å². The molecule has 1 aromatic rings. The number of carbonyl (C=O) groups is 1. The van der Waals surface area contributed by atoms with E-state index in [4.69, 9.17) is 0 Å². The number of rotatable bonds is 2. The summed E-state index contributed by atoms with van der Waals surface area (Å²) < 4.78 is 0. The number of nitrogens with zero attached hydrogens (tertiary/aromatic N) is 3. The summed E-state index contributed by atoms with van der Waals surface area (Å²) in [7, 11) is 0. The second-order valence-electron chi connectivity index (χ2n) is 5.97. The van der Waals surface area contributed by atoms with Gasteiger partial charge in [-0.1, -0.05) is 12.2 Å². The number of hydrogen-bond donors (Lipinski definition) is 0. The van der Waals surface area contributed by atoms with E-state index in [1.807, 2.05) is 12.4 Å². The molecular weight excluding hydrogens is 262 g/mol.